The second-order valence-corrected chi connectivity index (χ2v) is 4.83. The van der Waals surface area contributed by atoms with Gasteiger partial charge in [0.15, 0.2) is 23.5 Å². The molecule has 0 amide bonds. The molecule has 106 valence electrons. The summed E-state index contributed by atoms with van der Waals surface area (Å²) < 4.78 is 33.8. The van der Waals surface area contributed by atoms with Gasteiger partial charge in [0.1, 0.15) is 12.2 Å². The van der Waals surface area contributed by atoms with Crippen LogP contribution in [0.15, 0.2) is 6.20 Å². The molecule has 0 aromatic carbocycles. The molecule has 2 heterocycles. The molecule has 0 radical (unpaired) electrons. The molecular formula is C10H13F2N3O3S. The Kier molecular flexibility index (Phi) is 3.56. The molecule has 1 aromatic rings. The lowest BCUT2D eigenvalue weighted by atomic mass is 9.98. The summed E-state index contributed by atoms with van der Waals surface area (Å²) in [6.07, 6.45) is -3.22. The summed E-state index contributed by atoms with van der Waals surface area (Å²) in [5, 5.41) is 18.7. The van der Waals surface area contributed by atoms with Gasteiger partial charge < -0.3 is 20.7 Å². The molecule has 0 aliphatic carbocycles. The molecule has 4 atom stereocenters. The van der Waals surface area contributed by atoms with Gasteiger partial charge in [-0.15, -0.1) is 0 Å². The quantitative estimate of drug-likeness (QED) is 0.680. The second kappa shape index (κ2) is 4.75. The van der Waals surface area contributed by atoms with Crippen LogP contribution in [0, 0.1) is 10.6 Å². The highest BCUT2D eigenvalue weighted by Gasteiger charge is 2.54. The summed E-state index contributed by atoms with van der Waals surface area (Å²) in [6.45, 7) is 0.503. The van der Waals surface area contributed by atoms with E-state index in [4.69, 9.17) is 27.8 Å². The molecule has 3 unspecified atom stereocenters. The second-order valence-electron chi connectivity index (χ2n) is 4.47. The number of nitrogens with zero attached hydrogens (tertiary/aromatic N) is 2. The molecule has 0 saturated carbocycles. The Bertz CT molecular complexity index is 551. The van der Waals surface area contributed by atoms with Gasteiger partial charge in [-0.2, -0.15) is 4.98 Å². The highest BCUT2D eigenvalue weighted by atomic mass is 32.1. The summed E-state index contributed by atoms with van der Waals surface area (Å²) >= 11 is 4.87. The molecule has 1 saturated heterocycles. The smallest absolute Gasteiger partial charge is 0.203 e. The van der Waals surface area contributed by atoms with Crippen LogP contribution >= 0.6 is 12.2 Å². The molecule has 9 heteroatoms. The van der Waals surface area contributed by atoms with Crippen molar-refractivity contribution in [3.8, 4) is 0 Å². The van der Waals surface area contributed by atoms with Crippen LogP contribution in [0.2, 0.25) is 0 Å². The number of nitrogen functional groups attached to an aromatic ring is 1. The number of aromatic nitrogens is 2. The number of rotatable bonds is 2. The highest BCUT2D eigenvalue weighted by Crippen LogP contribution is 2.41. The van der Waals surface area contributed by atoms with Crippen molar-refractivity contribution < 1.29 is 23.7 Å². The summed E-state index contributed by atoms with van der Waals surface area (Å²) in [7, 11) is 0. The monoisotopic (exact) mass is 293 g/mol. The van der Waals surface area contributed by atoms with Crippen molar-refractivity contribution >= 4 is 18.0 Å². The molecule has 0 bridgehead atoms. The Hall–Kier alpha value is -1.16. The SMILES string of the molecule is CC1(F)C(n2cc(F)c(N)nc2=S)OC(CO)[C@@H]1O. The van der Waals surface area contributed by atoms with E-state index >= 15 is 0 Å². The minimum atomic E-state index is -2.25. The number of aliphatic hydroxyl groups excluding tert-OH is 2. The van der Waals surface area contributed by atoms with E-state index in [2.05, 4.69) is 4.98 Å². The Labute approximate surface area is 112 Å². The molecule has 1 aromatic heterocycles. The number of hydrogen-bond donors (Lipinski definition) is 3. The molecular weight excluding hydrogens is 280 g/mol. The van der Waals surface area contributed by atoms with Gasteiger partial charge in [-0.3, -0.25) is 4.57 Å². The van der Waals surface area contributed by atoms with Gasteiger partial charge in [-0.25, -0.2) is 8.78 Å². The number of anilines is 1. The average Bonchev–Trinajstić information content (AvgIpc) is 2.56. The van der Waals surface area contributed by atoms with Gasteiger partial charge in [0, 0.05) is 6.20 Å². The number of nitrogens with two attached hydrogens (primary N) is 1. The van der Waals surface area contributed by atoms with E-state index in [0.717, 1.165) is 17.7 Å². The zero-order chi connectivity index (χ0) is 14.4. The van der Waals surface area contributed by atoms with E-state index in [-0.39, 0.29) is 4.77 Å². The van der Waals surface area contributed by atoms with E-state index in [1.807, 2.05) is 0 Å². The van der Waals surface area contributed by atoms with Crippen LogP contribution in [0.3, 0.4) is 0 Å². The Balaban J connectivity index is 2.48. The minimum Gasteiger partial charge on any atom is -0.394 e. The molecule has 1 aliphatic rings. The third-order valence-corrected chi connectivity index (χ3v) is 3.39. The third-order valence-electron chi connectivity index (χ3n) is 3.08. The zero-order valence-electron chi connectivity index (χ0n) is 9.96. The zero-order valence-corrected chi connectivity index (χ0v) is 10.8. The summed E-state index contributed by atoms with van der Waals surface area (Å²) in [5.74, 6) is -1.28. The Morgan fingerprint density at radius 3 is 2.84 bits per heavy atom. The third kappa shape index (κ3) is 2.22. The van der Waals surface area contributed by atoms with E-state index in [9.17, 15) is 13.9 Å². The maximum atomic E-state index is 14.5. The Morgan fingerprint density at radius 1 is 1.68 bits per heavy atom. The number of alkyl halides is 1. The molecule has 6 nitrogen and oxygen atoms in total. The lowest BCUT2D eigenvalue weighted by Crippen LogP contribution is -2.40. The molecule has 0 spiro atoms. The number of hydrogen-bond acceptors (Lipinski definition) is 6. The van der Waals surface area contributed by atoms with Crippen LogP contribution in [0.1, 0.15) is 13.2 Å². The lowest BCUT2D eigenvalue weighted by Gasteiger charge is -2.25. The van der Waals surface area contributed by atoms with Crippen molar-refractivity contribution in [2.45, 2.75) is 31.0 Å². The maximum absolute atomic E-state index is 14.5. The summed E-state index contributed by atoms with van der Waals surface area (Å²) in [6, 6.07) is 0. The van der Waals surface area contributed by atoms with Crippen molar-refractivity contribution in [2.24, 2.45) is 0 Å². The first-order valence-corrected chi connectivity index (χ1v) is 5.87. The van der Waals surface area contributed by atoms with E-state index in [1.54, 1.807) is 0 Å². The fourth-order valence-electron chi connectivity index (χ4n) is 1.99. The molecule has 1 fully saturated rings. The van der Waals surface area contributed by atoms with E-state index < -0.39 is 42.3 Å². The maximum Gasteiger partial charge on any atom is 0.203 e. The van der Waals surface area contributed by atoms with Crippen LogP contribution in [0.25, 0.3) is 0 Å². The number of halogens is 2. The van der Waals surface area contributed by atoms with Crippen LogP contribution in [0.4, 0.5) is 14.6 Å². The van der Waals surface area contributed by atoms with E-state index in [1.165, 1.54) is 0 Å². The van der Waals surface area contributed by atoms with Gasteiger partial charge in [-0.1, -0.05) is 0 Å². The average molecular weight is 293 g/mol. The summed E-state index contributed by atoms with van der Waals surface area (Å²) in [5.41, 5.74) is 2.99. The van der Waals surface area contributed by atoms with Gasteiger partial charge in [-0.05, 0) is 19.1 Å². The first-order chi connectivity index (χ1) is 8.78. The minimum absolute atomic E-state index is 0.182. The first kappa shape index (κ1) is 14.3. The molecule has 1 aliphatic heterocycles. The predicted octanol–water partition coefficient (Wildman–Crippen LogP) is 0.313. The van der Waals surface area contributed by atoms with Crippen molar-refractivity contribution in [1.82, 2.24) is 9.55 Å². The van der Waals surface area contributed by atoms with Crippen LogP contribution in [-0.2, 0) is 4.74 Å². The van der Waals surface area contributed by atoms with Crippen molar-refractivity contribution in [3.05, 3.63) is 16.8 Å². The lowest BCUT2D eigenvalue weighted by molar-refractivity contribution is -0.0604. The largest absolute Gasteiger partial charge is 0.394 e. The van der Waals surface area contributed by atoms with Crippen molar-refractivity contribution in [1.29, 1.82) is 0 Å². The van der Waals surface area contributed by atoms with Gasteiger partial charge >= 0.3 is 0 Å². The molecule has 4 N–H and O–H groups in total. The van der Waals surface area contributed by atoms with Gasteiger partial charge in [0.25, 0.3) is 0 Å². The fraction of sp³-hybridized carbons (Fsp3) is 0.600. The van der Waals surface area contributed by atoms with Gasteiger partial charge in [0.2, 0.25) is 4.77 Å². The number of ether oxygens (including phenoxy) is 1. The standard InChI is InChI=1S/C10H13F2N3O3S/c1-10(12)6(17)5(3-16)18-8(10)15-2-4(11)7(13)14-9(15)19/h2,5-6,8,16-17H,3H2,1H3,(H2,13,14,19)/t5?,6-,8?,10?/m0/s1. The molecule has 19 heavy (non-hydrogen) atoms. The van der Waals surface area contributed by atoms with Crippen molar-refractivity contribution in [3.63, 3.8) is 0 Å². The normalized spacial score (nSPS) is 34.7. The fourth-order valence-corrected chi connectivity index (χ4v) is 2.24. The van der Waals surface area contributed by atoms with Crippen LogP contribution in [-0.4, -0.2) is 44.2 Å². The van der Waals surface area contributed by atoms with Gasteiger partial charge in [0.05, 0.1) is 6.61 Å². The van der Waals surface area contributed by atoms with Crippen LogP contribution < -0.4 is 5.73 Å². The Morgan fingerprint density at radius 2 is 2.32 bits per heavy atom. The van der Waals surface area contributed by atoms with E-state index in [0.29, 0.717) is 0 Å². The topological polar surface area (TPSA) is 93.5 Å². The summed E-state index contributed by atoms with van der Waals surface area (Å²) in [4.78, 5) is 3.55. The first-order valence-electron chi connectivity index (χ1n) is 5.46. The van der Waals surface area contributed by atoms with Crippen molar-refractivity contribution in [2.75, 3.05) is 12.3 Å². The number of aliphatic hydroxyl groups is 2. The predicted molar refractivity (Wildman–Crippen MR) is 63.9 cm³/mol. The molecule has 2 rings (SSSR count). The highest BCUT2D eigenvalue weighted by molar-refractivity contribution is 7.71. The van der Waals surface area contributed by atoms with Crippen LogP contribution in [0.5, 0.6) is 0 Å².